The standard InChI is InChI=1S/C26H30N2O/c29-26(28-13-5-2-6-14-28)20-11-12-22-21(16-20)23-18-9-10-19(15-18)24(23)25(27-22)17-7-3-1-4-8-17/h1,3-4,7-8,11-12,16,18-19,23-25,27H,2,5-6,9-10,13-15H2/t18-,19+,23+,24+,25+/m0/s1. The molecule has 2 aliphatic heterocycles. The summed E-state index contributed by atoms with van der Waals surface area (Å²) in [6.07, 6.45) is 7.64. The number of nitrogens with one attached hydrogen (secondary N) is 1. The van der Waals surface area contributed by atoms with Crippen LogP contribution >= 0.6 is 0 Å². The van der Waals surface area contributed by atoms with E-state index in [0.717, 1.165) is 43.3 Å². The van der Waals surface area contributed by atoms with Crippen LogP contribution in [0.5, 0.6) is 0 Å². The largest absolute Gasteiger partial charge is 0.378 e. The molecule has 29 heavy (non-hydrogen) atoms. The summed E-state index contributed by atoms with van der Waals surface area (Å²) in [7, 11) is 0. The fourth-order valence-corrected chi connectivity index (χ4v) is 6.89. The van der Waals surface area contributed by atoms with Crippen molar-refractivity contribution in [1.82, 2.24) is 4.90 Å². The van der Waals surface area contributed by atoms with Crippen molar-refractivity contribution in [3.05, 3.63) is 65.2 Å². The van der Waals surface area contributed by atoms with Crippen molar-refractivity contribution in [3.8, 4) is 0 Å². The third-order valence-corrected chi connectivity index (χ3v) is 8.14. The summed E-state index contributed by atoms with van der Waals surface area (Å²) in [4.78, 5) is 15.2. The fraction of sp³-hybridized carbons (Fsp3) is 0.500. The first kappa shape index (κ1) is 17.6. The van der Waals surface area contributed by atoms with E-state index in [1.54, 1.807) is 0 Å². The van der Waals surface area contributed by atoms with Crippen LogP contribution in [0.25, 0.3) is 0 Å². The highest BCUT2D eigenvalue weighted by atomic mass is 16.2. The lowest BCUT2D eigenvalue weighted by Crippen LogP contribution is -2.37. The summed E-state index contributed by atoms with van der Waals surface area (Å²) in [6, 6.07) is 17.9. The van der Waals surface area contributed by atoms with Gasteiger partial charge in [0.2, 0.25) is 0 Å². The Hall–Kier alpha value is -2.29. The van der Waals surface area contributed by atoms with Crippen molar-refractivity contribution in [2.45, 2.75) is 50.5 Å². The van der Waals surface area contributed by atoms with Crippen LogP contribution < -0.4 is 5.32 Å². The van der Waals surface area contributed by atoms with Crippen molar-refractivity contribution >= 4 is 11.6 Å². The first-order valence-corrected chi connectivity index (χ1v) is 11.5. The molecule has 3 heteroatoms. The van der Waals surface area contributed by atoms with Crippen LogP contribution in [0.3, 0.4) is 0 Å². The van der Waals surface area contributed by atoms with Gasteiger partial charge in [-0.15, -0.1) is 0 Å². The molecule has 150 valence electrons. The van der Waals surface area contributed by atoms with E-state index in [0.29, 0.717) is 17.9 Å². The second kappa shape index (κ2) is 6.90. The minimum atomic E-state index is 0.234. The predicted molar refractivity (Wildman–Crippen MR) is 116 cm³/mol. The predicted octanol–water partition coefficient (Wildman–Crippen LogP) is 5.61. The Labute approximate surface area is 173 Å². The third-order valence-electron chi connectivity index (χ3n) is 8.14. The molecule has 0 unspecified atom stereocenters. The zero-order valence-electron chi connectivity index (χ0n) is 17.0. The number of nitrogens with zero attached hydrogens (tertiary/aromatic N) is 1. The molecule has 2 saturated carbocycles. The van der Waals surface area contributed by atoms with Crippen LogP contribution in [-0.4, -0.2) is 23.9 Å². The maximum Gasteiger partial charge on any atom is 0.253 e. The average Bonchev–Trinajstić information content (AvgIpc) is 3.42. The Morgan fingerprint density at radius 2 is 1.72 bits per heavy atom. The van der Waals surface area contributed by atoms with Crippen LogP contribution in [0.4, 0.5) is 5.69 Å². The van der Waals surface area contributed by atoms with Gasteiger partial charge >= 0.3 is 0 Å². The van der Waals surface area contributed by atoms with Crippen LogP contribution in [-0.2, 0) is 0 Å². The summed E-state index contributed by atoms with van der Waals surface area (Å²) in [5.74, 6) is 3.10. The highest BCUT2D eigenvalue weighted by Crippen LogP contribution is 2.63. The normalized spacial score (nSPS) is 32.4. The molecule has 2 heterocycles. The number of carbonyl (C=O) groups is 1. The average molecular weight is 387 g/mol. The molecular formula is C26H30N2O. The van der Waals surface area contributed by atoms with Gasteiger partial charge in [0.15, 0.2) is 0 Å². The Kier molecular flexibility index (Phi) is 4.18. The van der Waals surface area contributed by atoms with Crippen molar-refractivity contribution < 1.29 is 4.79 Å². The second-order valence-electron chi connectivity index (χ2n) is 9.62. The number of likely N-dealkylation sites (tertiary alicyclic amines) is 1. The molecule has 0 aromatic heterocycles. The molecule has 2 aromatic carbocycles. The number of hydrogen-bond donors (Lipinski definition) is 1. The molecule has 3 fully saturated rings. The minimum absolute atomic E-state index is 0.234. The summed E-state index contributed by atoms with van der Waals surface area (Å²) < 4.78 is 0. The van der Waals surface area contributed by atoms with E-state index in [9.17, 15) is 4.79 Å². The van der Waals surface area contributed by atoms with E-state index in [4.69, 9.17) is 0 Å². The van der Waals surface area contributed by atoms with Gasteiger partial charge in [-0.1, -0.05) is 30.3 Å². The Morgan fingerprint density at radius 1 is 0.931 bits per heavy atom. The molecule has 2 aliphatic carbocycles. The number of rotatable bonds is 2. The summed E-state index contributed by atoms with van der Waals surface area (Å²) >= 11 is 0. The third kappa shape index (κ3) is 2.81. The van der Waals surface area contributed by atoms with Crippen molar-refractivity contribution in [2.75, 3.05) is 18.4 Å². The van der Waals surface area contributed by atoms with E-state index < -0.39 is 0 Å². The second-order valence-corrected chi connectivity index (χ2v) is 9.62. The van der Waals surface area contributed by atoms with Gasteiger partial charge < -0.3 is 10.2 Å². The van der Waals surface area contributed by atoms with Gasteiger partial charge in [0.05, 0.1) is 6.04 Å². The molecule has 0 radical (unpaired) electrons. The molecule has 5 atom stereocenters. The van der Waals surface area contributed by atoms with Crippen LogP contribution in [0, 0.1) is 17.8 Å². The zero-order chi connectivity index (χ0) is 19.4. The maximum absolute atomic E-state index is 13.1. The van der Waals surface area contributed by atoms with Gasteiger partial charge in [-0.05, 0) is 91.5 Å². The molecule has 0 spiro atoms. The number of benzene rings is 2. The number of fused-ring (bicyclic) bond motifs is 7. The Balaban J connectivity index is 1.38. The van der Waals surface area contributed by atoms with Gasteiger partial charge in [-0.3, -0.25) is 4.79 Å². The molecule has 6 rings (SSSR count). The zero-order valence-corrected chi connectivity index (χ0v) is 17.0. The SMILES string of the molecule is O=C(c1ccc2c(c1)[C@H]1[C@H]3CC[C@H](C3)[C@H]1[C@@H](c1ccccc1)N2)N1CCCCC1. The van der Waals surface area contributed by atoms with Crippen LogP contribution in [0.2, 0.25) is 0 Å². The number of anilines is 1. The lowest BCUT2D eigenvalue weighted by molar-refractivity contribution is 0.0724. The molecule has 1 saturated heterocycles. The lowest BCUT2D eigenvalue weighted by atomic mass is 9.68. The summed E-state index contributed by atoms with van der Waals surface area (Å²) in [5.41, 5.74) is 4.97. The number of hydrogen-bond acceptors (Lipinski definition) is 2. The topological polar surface area (TPSA) is 32.3 Å². The smallest absolute Gasteiger partial charge is 0.253 e. The first-order chi connectivity index (χ1) is 14.3. The highest BCUT2D eigenvalue weighted by Gasteiger charge is 2.53. The summed E-state index contributed by atoms with van der Waals surface area (Å²) in [6.45, 7) is 1.84. The molecule has 2 aromatic rings. The lowest BCUT2D eigenvalue weighted by Gasteiger charge is -2.43. The van der Waals surface area contributed by atoms with Crippen molar-refractivity contribution in [3.63, 3.8) is 0 Å². The monoisotopic (exact) mass is 386 g/mol. The Morgan fingerprint density at radius 3 is 2.55 bits per heavy atom. The molecule has 2 bridgehead atoms. The van der Waals surface area contributed by atoms with E-state index >= 15 is 0 Å². The highest BCUT2D eigenvalue weighted by molar-refractivity contribution is 5.95. The van der Waals surface area contributed by atoms with Crippen LogP contribution in [0.15, 0.2) is 48.5 Å². The quantitative estimate of drug-likeness (QED) is 0.728. The van der Waals surface area contributed by atoms with Crippen LogP contribution in [0.1, 0.15) is 72.0 Å². The van der Waals surface area contributed by atoms with Crippen molar-refractivity contribution in [1.29, 1.82) is 0 Å². The molecule has 3 nitrogen and oxygen atoms in total. The molecular weight excluding hydrogens is 356 g/mol. The number of amides is 1. The first-order valence-electron chi connectivity index (χ1n) is 11.5. The minimum Gasteiger partial charge on any atom is -0.378 e. The summed E-state index contributed by atoms with van der Waals surface area (Å²) in [5, 5.41) is 3.89. The van der Waals surface area contributed by atoms with E-state index in [1.165, 1.54) is 42.5 Å². The van der Waals surface area contributed by atoms with E-state index in [1.807, 2.05) is 0 Å². The van der Waals surface area contributed by atoms with Gasteiger partial charge in [0, 0.05) is 24.3 Å². The maximum atomic E-state index is 13.1. The van der Waals surface area contributed by atoms with Crippen molar-refractivity contribution in [2.24, 2.45) is 17.8 Å². The van der Waals surface area contributed by atoms with Gasteiger partial charge in [0.25, 0.3) is 5.91 Å². The Bertz CT molecular complexity index is 918. The number of piperidine rings is 1. The molecule has 4 aliphatic rings. The van der Waals surface area contributed by atoms with E-state index in [2.05, 4.69) is 58.7 Å². The van der Waals surface area contributed by atoms with Gasteiger partial charge in [0.1, 0.15) is 0 Å². The fourth-order valence-electron chi connectivity index (χ4n) is 6.89. The van der Waals surface area contributed by atoms with Gasteiger partial charge in [-0.25, -0.2) is 0 Å². The molecule has 1 N–H and O–H groups in total. The number of carbonyl (C=O) groups excluding carboxylic acids is 1. The van der Waals surface area contributed by atoms with E-state index in [-0.39, 0.29) is 5.91 Å². The molecule has 1 amide bonds. The van der Waals surface area contributed by atoms with Gasteiger partial charge in [-0.2, -0.15) is 0 Å².